The third kappa shape index (κ3) is 31.7. The van der Waals surface area contributed by atoms with Gasteiger partial charge in [0.2, 0.25) is 0 Å². The van der Waals surface area contributed by atoms with Gasteiger partial charge in [-0.2, -0.15) is 0 Å². The molecular weight excluding hydrogens is 637 g/mol. The highest BCUT2D eigenvalue weighted by atomic mass is 31.2. The second-order valence-corrected chi connectivity index (χ2v) is 14.5. The van der Waals surface area contributed by atoms with Crippen LogP contribution in [-0.2, 0) is 37.5 Å². The van der Waals surface area contributed by atoms with Crippen molar-refractivity contribution in [2.75, 3.05) is 19.8 Å². The van der Waals surface area contributed by atoms with Crippen molar-refractivity contribution in [1.82, 2.24) is 0 Å². The molecule has 0 radical (unpaired) electrons. The number of hydrogen-bond acceptors (Lipinski definition) is 9. The Bertz CT molecular complexity index is 844. The molecule has 4 N–H and O–H groups in total. The maximum atomic E-state index is 12.2. The van der Waals surface area contributed by atoms with Crippen molar-refractivity contribution in [3.63, 3.8) is 0 Å². The molecule has 12 heteroatoms. The Kier molecular flexibility index (Phi) is 31.6. The molecular formula is C36H70NO10P. The lowest BCUT2D eigenvalue weighted by molar-refractivity contribution is -0.161. The SMILES string of the molecule is CCCCCCCCCCCCCCCCCCCCCCCCCC(=O)OC[C@H](COP(=O)(O)OC[C@H](N)C(=O)O)OC(=O)CCC. The summed E-state index contributed by atoms with van der Waals surface area (Å²) < 4.78 is 31.8. The Hall–Kier alpha value is -1.52. The van der Waals surface area contributed by atoms with Crippen LogP contribution in [0.5, 0.6) is 0 Å². The van der Waals surface area contributed by atoms with Crippen LogP contribution < -0.4 is 5.73 Å². The number of carbonyl (C=O) groups excluding carboxylic acids is 2. The summed E-state index contributed by atoms with van der Waals surface area (Å²) in [7, 11) is -4.67. The van der Waals surface area contributed by atoms with Gasteiger partial charge < -0.3 is 25.2 Å². The number of hydrogen-bond donors (Lipinski definition) is 3. The van der Waals surface area contributed by atoms with E-state index in [0.717, 1.165) is 19.3 Å². The molecule has 0 aliphatic rings. The lowest BCUT2D eigenvalue weighted by Gasteiger charge is -2.20. The van der Waals surface area contributed by atoms with Gasteiger partial charge in [0.05, 0.1) is 13.2 Å². The fraction of sp³-hybridized carbons (Fsp3) is 0.917. The Morgan fingerprint density at radius 2 is 0.958 bits per heavy atom. The molecule has 0 aliphatic heterocycles. The molecule has 0 heterocycles. The summed E-state index contributed by atoms with van der Waals surface area (Å²) in [5, 5.41) is 8.76. The Morgan fingerprint density at radius 1 is 0.562 bits per heavy atom. The van der Waals surface area contributed by atoms with Crippen LogP contribution in [0.4, 0.5) is 0 Å². The number of phosphoric acid groups is 1. The predicted octanol–water partition coefficient (Wildman–Crippen LogP) is 9.17. The monoisotopic (exact) mass is 707 g/mol. The number of rotatable bonds is 36. The van der Waals surface area contributed by atoms with Crippen LogP contribution in [0.25, 0.3) is 0 Å². The smallest absolute Gasteiger partial charge is 0.472 e. The number of carboxylic acids is 1. The van der Waals surface area contributed by atoms with Crippen LogP contribution in [0.1, 0.15) is 181 Å². The van der Waals surface area contributed by atoms with E-state index < -0.39 is 51.1 Å². The van der Waals surface area contributed by atoms with Gasteiger partial charge in [-0.1, -0.05) is 155 Å². The highest BCUT2D eigenvalue weighted by Crippen LogP contribution is 2.43. The zero-order valence-corrected chi connectivity index (χ0v) is 31.2. The zero-order chi connectivity index (χ0) is 35.7. The maximum Gasteiger partial charge on any atom is 0.472 e. The minimum Gasteiger partial charge on any atom is -0.480 e. The molecule has 0 aliphatic carbocycles. The number of phosphoric ester groups is 1. The molecule has 284 valence electrons. The number of esters is 2. The zero-order valence-electron chi connectivity index (χ0n) is 30.3. The van der Waals surface area contributed by atoms with Crippen molar-refractivity contribution >= 4 is 25.7 Å². The molecule has 48 heavy (non-hydrogen) atoms. The van der Waals surface area contributed by atoms with Crippen LogP contribution in [0, 0.1) is 0 Å². The summed E-state index contributed by atoms with van der Waals surface area (Å²) in [5.74, 6) is -2.43. The average Bonchev–Trinajstić information content (AvgIpc) is 3.05. The van der Waals surface area contributed by atoms with Crippen molar-refractivity contribution in [3.8, 4) is 0 Å². The van der Waals surface area contributed by atoms with E-state index in [2.05, 4.69) is 11.4 Å². The topological polar surface area (TPSA) is 172 Å². The molecule has 0 aromatic carbocycles. The normalized spacial score (nSPS) is 13.9. The molecule has 0 spiro atoms. The van der Waals surface area contributed by atoms with Crippen molar-refractivity contribution in [1.29, 1.82) is 0 Å². The summed E-state index contributed by atoms with van der Waals surface area (Å²) in [6, 6.07) is -1.51. The van der Waals surface area contributed by atoms with E-state index in [9.17, 15) is 23.8 Å². The summed E-state index contributed by atoms with van der Waals surface area (Å²) in [5.41, 5.74) is 5.26. The van der Waals surface area contributed by atoms with Crippen molar-refractivity contribution in [2.45, 2.75) is 193 Å². The van der Waals surface area contributed by atoms with Crippen LogP contribution in [0.3, 0.4) is 0 Å². The number of ether oxygens (including phenoxy) is 2. The molecule has 0 aromatic heterocycles. The van der Waals surface area contributed by atoms with Gasteiger partial charge in [-0.3, -0.25) is 23.4 Å². The third-order valence-corrected chi connectivity index (χ3v) is 9.28. The van der Waals surface area contributed by atoms with Crippen LogP contribution >= 0.6 is 7.82 Å². The van der Waals surface area contributed by atoms with E-state index in [4.69, 9.17) is 24.8 Å². The molecule has 0 aromatic rings. The fourth-order valence-corrected chi connectivity index (χ4v) is 6.12. The van der Waals surface area contributed by atoms with E-state index in [1.807, 2.05) is 0 Å². The molecule has 0 saturated heterocycles. The minimum atomic E-state index is -4.67. The minimum absolute atomic E-state index is 0.116. The Labute approximate surface area is 291 Å². The first-order valence-corrected chi connectivity index (χ1v) is 20.6. The van der Waals surface area contributed by atoms with Gasteiger partial charge in [-0.25, -0.2) is 4.57 Å². The van der Waals surface area contributed by atoms with Crippen LogP contribution in [0.15, 0.2) is 0 Å². The molecule has 11 nitrogen and oxygen atoms in total. The molecule has 0 fully saturated rings. The van der Waals surface area contributed by atoms with Gasteiger partial charge >= 0.3 is 25.7 Å². The molecule has 0 amide bonds. The number of nitrogens with two attached hydrogens (primary N) is 1. The van der Waals surface area contributed by atoms with Gasteiger partial charge in [-0.05, 0) is 12.8 Å². The molecule has 3 atom stereocenters. The summed E-state index contributed by atoms with van der Waals surface area (Å²) in [4.78, 5) is 44.7. The Balaban J connectivity index is 3.79. The average molecular weight is 708 g/mol. The Morgan fingerprint density at radius 3 is 1.35 bits per heavy atom. The van der Waals surface area contributed by atoms with E-state index >= 15 is 0 Å². The van der Waals surface area contributed by atoms with E-state index in [1.54, 1.807) is 6.92 Å². The number of carbonyl (C=O) groups is 3. The highest BCUT2D eigenvalue weighted by Gasteiger charge is 2.28. The van der Waals surface area contributed by atoms with Crippen LogP contribution in [0.2, 0.25) is 0 Å². The fourth-order valence-electron chi connectivity index (χ4n) is 5.34. The quantitative estimate of drug-likeness (QED) is 0.0322. The second-order valence-electron chi connectivity index (χ2n) is 13.1. The summed E-state index contributed by atoms with van der Waals surface area (Å²) >= 11 is 0. The van der Waals surface area contributed by atoms with Crippen LogP contribution in [-0.4, -0.2) is 59.9 Å². The summed E-state index contributed by atoms with van der Waals surface area (Å²) in [6.07, 6.45) is 29.7. The second kappa shape index (κ2) is 32.7. The van der Waals surface area contributed by atoms with Gasteiger partial charge in [-0.15, -0.1) is 0 Å². The standard InChI is InChI=1S/C36H70NO10P/c1-3-5-6-7-8-9-10-11-12-13-14-15-16-17-18-19-20-21-22-23-24-25-26-28-34(38)44-29-32(47-35(39)27-4-2)30-45-48(42,43)46-31-33(37)36(40)41/h32-33H,3-31,37H2,1-2H3,(H,40,41)(H,42,43)/t32-,33+/m1/s1. The van der Waals surface area contributed by atoms with E-state index in [-0.39, 0.29) is 19.4 Å². The first kappa shape index (κ1) is 46.5. The first-order chi connectivity index (χ1) is 23.1. The van der Waals surface area contributed by atoms with Gasteiger partial charge in [0.15, 0.2) is 6.10 Å². The van der Waals surface area contributed by atoms with E-state index in [1.165, 1.54) is 122 Å². The number of carboxylic acid groups (broad SMARTS) is 1. The molecule has 0 rings (SSSR count). The van der Waals surface area contributed by atoms with Crippen molar-refractivity contribution in [3.05, 3.63) is 0 Å². The first-order valence-electron chi connectivity index (χ1n) is 19.1. The molecule has 0 bridgehead atoms. The lowest BCUT2D eigenvalue weighted by atomic mass is 10.0. The predicted molar refractivity (Wildman–Crippen MR) is 190 cm³/mol. The van der Waals surface area contributed by atoms with Crippen molar-refractivity contribution < 1.29 is 47.5 Å². The van der Waals surface area contributed by atoms with Gasteiger partial charge in [0.25, 0.3) is 0 Å². The van der Waals surface area contributed by atoms with Gasteiger partial charge in [0, 0.05) is 12.8 Å². The number of unbranched alkanes of at least 4 members (excludes halogenated alkanes) is 22. The van der Waals surface area contributed by atoms with E-state index in [0.29, 0.717) is 12.8 Å². The maximum absolute atomic E-state index is 12.2. The largest absolute Gasteiger partial charge is 0.480 e. The van der Waals surface area contributed by atoms with Crippen molar-refractivity contribution in [2.24, 2.45) is 5.73 Å². The summed E-state index contributed by atoms with van der Waals surface area (Å²) in [6.45, 7) is 2.38. The lowest BCUT2D eigenvalue weighted by Crippen LogP contribution is -2.34. The molecule has 0 saturated carbocycles. The van der Waals surface area contributed by atoms with Gasteiger partial charge in [0.1, 0.15) is 12.6 Å². The third-order valence-electron chi connectivity index (χ3n) is 8.32. The number of aliphatic carboxylic acids is 1. The molecule has 1 unspecified atom stereocenters. The highest BCUT2D eigenvalue weighted by molar-refractivity contribution is 7.47.